The van der Waals surface area contributed by atoms with Crippen LogP contribution in [0.15, 0.2) is 42.5 Å². The highest BCUT2D eigenvalue weighted by atomic mass is 19.1. The second-order valence-electron chi connectivity index (χ2n) is 7.55. The summed E-state index contributed by atoms with van der Waals surface area (Å²) in [5.41, 5.74) is 5.39. The molecule has 1 unspecified atom stereocenters. The standard InChI is InChI=1S/C22H21F2N3/c23-17-3-1-2-15(10-17)22-25-20-8-9-27(13-21(20)26-22)19-7-5-14-4-6-18(24)11-16(14)12-19/h1-4,6,10-11,19H,5,7-9,12-13H2,(H,25,26). The van der Waals surface area contributed by atoms with Crippen molar-refractivity contribution < 1.29 is 8.78 Å². The van der Waals surface area contributed by atoms with Crippen molar-refractivity contribution in [1.82, 2.24) is 14.9 Å². The highest BCUT2D eigenvalue weighted by Gasteiger charge is 2.29. The Morgan fingerprint density at radius 3 is 2.78 bits per heavy atom. The second-order valence-corrected chi connectivity index (χ2v) is 7.55. The van der Waals surface area contributed by atoms with E-state index < -0.39 is 0 Å². The highest BCUT2D eigenvalue weighted by Crippen LogP contribution is 2.29. The van der Waals surface area contributed by atoms with Crippen LogP contribution in [0.5, 0.6) is 0 Å². The molecular weight excluding hydrogens is 344 g/mol. The first-order valence-corrected chi connectivity index (χ1v) is 9.51. The first-order chi connectivity index (χ1) is 13.2. The zero-order valence-electron chi connectivity index (χ0n) is 15.0. The predicted molar refractivity (Wildman–Crippen MR) is 100 cm³/mol. The normalized spacial score (nSPS) is 19.6. The number of aromatic nitrogens is 2. The third-order valence-electron chi connectivity index (χ3n) is 5.85. The van der Waals surface area contributed by atoms with Gasteiger partial charge in [0.1, 0.15) is 17.5 Å². The monoisotopic (exact) mass is 365 g/mol. The molecule has 1 aliphatic carbocycles. The number of benzene rings is 2. The van der Waals surface area contributed by atoms with Crippen LogP contribution in [0.4, 0.5) is 8.78 Å². The molecule has 0 bridgehead atoms. The summed E-state index contributed by atoms with van der Waals surface area (Å²) >= 11 is 0. The van der Waals surface area contributed by atoms with Crippen molar-refractivity contribution in [1.29, 1.82) is 0 Å². The number of H-pyrrole nitrogens is 1. The molecular formula is C22H21F2N3. The summed E-state index contributed by atoms with van der Waals surface area (Å²) in [5.74, 6) is 0.331. The number of aryl methyl sites for hydroxylation is 1. The Hall–Kier alpha value is -2.53. The Bertz CT molecular complexity index is 995. The molecule has 0 amide bonds. The Morgan fingerprint density at radius 2 is 1.89 bits per heavy atom. The van der Waals surface area contributed by atoms with Crippen molar-refractivity contribution in [2.45, 2.75) is 38.3 Å². The average Bonchev–Trinajstić information content (AvgIpc) is 3.11. The van der Waals surface area contributed by atoms with Crippen LogP contribution in [0.3, 0.4) is 0 Å². The number of aromatic amines is 1. The zero-order valence-corrected chi connectivity index (χ0v) is 15.0. The predicted octanol–water partition coefficient (Wildman–Crippen LogP) is 4.27. The Morgan fingerprint density at radius 1 is 1.00 bits per heavy atom. The summed E-state index contributed by atoms with van der Waals surface area (Å²) in [7, 11) is 0. The second kappa shape index (κ2) is 6.57. The summed E-state index contributed by atoms with van der Waals surface area (Å²) < 4.78 is 27.1. The lowest BCUT2D eigenvalue weighted by Gasteiger charge is -2.37. The van der Waals surface area contributed by atoms with Crippen LogP contribution in [0.25, 0.3) is 11.4 Å². The summed E-state index contributed by atoms with van der Waals surface area (Å²) in [5, 5.41) is 0. The molecule has 5 heteroatoms. The molecule has 1 N–H and O–H groups in total. The molecule has 0 fully saturated rings. The van der Waals surface area contributed by atoms with Gasteiger partial charge >= 0.3 is 0 Å². The van der Waals surface area contributed by atoms with Gasteiger partial charge in [-0.15, -0.1) is 0 Å². The lowest BCUT2D eigenvalue weighted by molar-refractivity contribution is 0.160. The Kier molecular flexibility index (Phi) is 4.05. The van der Waals surface area contributed by atoms with E-state index in [1.54, 1.807) is 18.2 Å². The molecule has 27 heavy (non-hydrogen) atoms. The van der Waals surface area contributed by atoms with E-state index in [4.69, 9.17) is 4.98 Å². The van der Waals surface area contributed by atoms with Gasteiger partial charge < -0.3 is 4.98 Å². The number of rotatable bonds is 2. The zero-order chi connectivity index (χ0) is 18.4. The molecule has 1 aromatic heterocycles. The third-order valence-corrected chi connectivity index (χ3v) is 5.85. The fraction of sp³-hybridized carbons (Fsp3) is 0.318. The van der Waals surface area contributed by atoms with Gasteiger partial charge in [0, 0.05) is 31.1 Å². The van der Waals surface area contributed by atoms with Crippen molar-refractivity contribution in [3.63, 3.8) is 0 Å². The molecule has 2 aromatic carbocycles. The smallest absolute Gasteiger partial charge is 0.137 e. The maximum absolute atomic E-state index is 13.6. The van der Waals surface area contributed by atoms with Gasteiger partial charge in [-0.25, -0.2) is 13.8 Å². The van der Waals surface area contributed by atoms with E-state index >= 15 is 0 Å². The minimum absolute atomic E-state index is 0.149. The van der Waals surface area contributed by atoms with Gasteiger partial charge in [-0.05, 0) is 54.7 Å². The van der Waals surface area contributed by atoms with E-state index in [-0.39, 0.29) is 11.6 Å². The topological polar surface area (TPSA) is 31.9 Å². The largest absolute Gasteiger partial charge is 0.341 e. The average molecular weight is 365 g/mol. The van der Waals surface area contributed by atoms with Crippen LogP contribution in [0.2, 0.25) is 0 Å². The lowest BCUT2D eigenvalue weighted by Crippen LogP contribution is -2.42. The first kappa shape index (κ1) is 16.6. The molecule has 3 aromatic rings. The minimum Gasteiger partial charge on any atom is -0.341 e. The van der Waals surface area contributed by atoms with Gasteiger partial charge in [-0.1, -0.05) is 18.2 Å². The van der Waals surface area contributed by atoms with Crippen molar-refractivity contribution in [3.8, 4) is 11.4 Å². The van der Waals surface area contributed by atoms with Crippen LogP contribution >= 0.6 is 0 Å². The maximum Gasteiger partial charge on any atom is 0.137 e. The quantitative estimate of drug-likeness (QED) is 0.735. The van der Waals surface area contributed by atoms with Crippen LogP contribution < -0.4 is 0 Å². The van der Waals surface area contributed by atoms with Crippen LogP contribution in [-0.2, 0) is 25.8 Å². The molecule has 2 aliphatic rings. The van der Waals surface area contributed by atoms with E-state index in [0.717, 1.165) is 67.1 Å². The van der Waals surface area contributed by atoms with Gasteiger partial charge in [-0.3, -0.25) is 4.90 Å². The van der Waals surface area contributed by atoms with E-state index in [1.165, 1.54) is 17.7 Å². The molecule has 3 nitrogen and oxygen atoms in total. The van der Waals surface area contributed by atoms with Crippen LogP contribution in [0, 0.1) is 11.6 Å². The molecule has 5 rings (SSSR count). The van der Waals surface area contributed by atoms with E-state index in [0.29, 0.717) is 6.04 Å². The first-order valence-electron chi connectivity index (χ1n) is 9.51. The number of nitrogens with one attached hydrogen (secondary N) is 1. The van der Waals surface area contributed by atoms with Gasteiger partial charge in [0.25, 0.3) is 0 Å². The number of halogens is 2. The SMILES string of the molecule is Fc1cccc(-c2nc3c([nH]2)CN(C2CCc4ccc(F)cc4C2)CC3)c1. The lowest BCUT2D eigenvalue weighted by atomic mass is 9.87. The highest BCUT2D eigenvalue weighted by molar-refractivity contribution is 5.56. The summed E-state index contributed by atoms with van der Waals surface area (Å²) in [6.07, 6.45) is 3.88. The van der Waals surface area contributed by atoms with Crippen LogP contribution in [-0.4, -0.2) is 27.5 Å². The molecule has 138 valence electrons. The fourth-order valence-electron chi connectivity index (χ4n) is 4.42. The number of nitrogens with zero attached hydrogens (tertiary/aromatic N) is 2. The van der Waals surface area contributed by atoms with Crippen molar-refractivity contribution >= 4 is 0 Å². The van der Waals surface area contributed by atoms with Crippen molar-refractivity contribution in [2.24, 2.45) is 0 Å². The summed E-state index contributed by atoms with van der Waals surface area (Å²) in [6, 6.07) is 12.1. The molecule has 1 atom stereocenters. The Labute approximate surface area is 157 Å². The molecule has 2 heterocycles. The number of fused-ring (bicyclic) bond motifs is 2. The Balaban J connectivity index is 1.36. The number of imidazole rings is 1. The van der Waals surface area contributed by atoms with Crippen molar-refractivity contribution in [3.05, 3.63) is 76.6 Å². The van der Waals surface area contributed by atoms with E-state index in [1.807, 2.05) is 12.1 Å². The molecule has 0 saturated heterocycles. The van der Waals surface area contributed by atoms with Crippen molar-refractivity contribution in [2.75, 3.05) is 6.54 Å². The molecule has 1 aliphatic heterocycles. The fourth-order valence-corrected chi connectivity index (χ4v) is 4.42. The van der Waals surface area contributed by atoms with Crippen LogP contribution in [0.1, 0.15) is 28.9 Å². The summed E-state index contributed by atoms with van der Waals surface area (Å²) in [4.78, 5) is 10.6. The van der Waals surface area contributed by atoms with E-state index in [2.05, 4.69) is 9.88 Å². The molecule has 0 spiro atoms. The van der Waals surface area contributed by atoms with E-state index in [9.17, 15) is 8.78 Å². The summed E-state index contributed by atoms with van der Waals surface area (Å²) in [6.45, 7) is 1.77. The molecule has 0 radical (unpaired) electrons. The molecule has 0 saturated carbocycles. The minimum atomic E-state index is -0.253. The van der Waals surface area contributed by atoms with Gasteiger partial charge in [-0.2, -0.15) is 0 Å². The third kappa shape index (κ3) is 3.16. The van der Waals surface area contributed by atoms with Gasteiger partial charge in [0.15, 0.2) is 0 Å². The number of hydrogen-bond donors (Lipinski definition) is 1. The van der Waals surface area contributed by atoms with Gasteiger partial charge in [0.05, 0.1) is 11.4 Å². The maximum atomic E-state index is 13.6. The van der Waals surface area contributed by atoms with Gasteiger partial charge in [0.2, 0.25) is 0 Å². The number of hydrogen-bond acceptors (Lipinski definition) is 2.